The van der Waals surface area contributed by atoms with E-state index in [9.17, 15) is 18.0 Å². The van der Waals surface area contributed by atoms with Crippen molar-refractivity contribution in [3.63, 3.8) is 0 Å². The van der Waals surface area contributed by atoms with Crippen molar-refractivity contribution in [3.05, 3.63) is 0 Å². The second kappa shape index (κ2) is 3.95. The maximum atomic E-state index is 11.6. The van der Waals surface area contributed by atoms with Gasteiger partial charge in [-0.15, -0.1) is 0 Å². The second-order valence-corrected chi connectivity index (χ2v) is 2.73. The van der Waals surface area contributed by atoms with Crippen LogP contribution in [0.25, 0.3) is 0 Å². The first-order valence-corrected chi connectivity index (χ1v) is 3.85. The van der Waals surface area contributed by atoms with Crippen LogP contribution < -0.4 is 0 Å². The lowest BCUT2D eigenvalue weighted by Crippen LogP contribution is -2.28. The number of halogens is 3. The summed E-state index contributed by atoms with van der Waals surface area (Å²) in [5.74, 6) is -2.15. The molecule has 6 heteroatoms. The Balaban J connectivity index is 2.22. The molecule has 1 aliphatic heterocycles. The van der Waals surface area contributed by atoms with E-state index in [1.807, 2.05) is 0 Å². The van der Waals surface area contributed by atoms with Gasteiger partial charge in [0.1, 0.15) is 6.61 Å². The van der Waals surface area contributed by atoms with Gasteiger partial charge in [0.2, 0.25) is 0 Å². The predicted molar refractivity (Wildman–Crippen MR) is 36.0 cm³/mol. The summed E-state index contributed by atoms with van der Waals surface area (Å²) in [6.45, 7) is 0.215. The summed E-state index contributed by atoms with van der Waals surface area (Å²) in [6, 6.07) is 0. The molecule has 0 saturated carbocycles. The summed E-state index contributed by atoms with van der Waals surface area (Å²) in [5, 5.41) is 0. The highest BCUT2D eigenvalue weighted by molar-refractivity contribution is 5.75. The first kappa shape index (κ1) is 10.3. The van der Waals surface area contributed by atoms with E-state index in [0.717, 1.165) is 6.42 Å². The Labute approximate surface area is 72.8 Å². The molecule has 1 heterocycles. The third-order valence-corrected chi connectivity index (χ3v) is 1.66. The van der Waals surface area contributed by atoms with Crippen LogP contribution >= 0.6 is 0 Å². The maximum absolute atomic E-state index is 11.6. The lowest BCUT2D eigenvalue weighted by atomic mass is 10.2. The van der Waals surface area contributed by atoms with E-state index in [2.05, 4.69) is 4.74 Å². The van der Waals surface area contributed by atoms with Crippen LogP contribution in [0, 0.1) is 0 Å². The van der Waals surface area contributed by atoms with Gasteiger partial charge in [-0.25, -0.2) is 4.79 Å². The topological polar surface area (TPSA) is 35.5 Å². The molecule has 0 aromatic rings. The highest BCUT2D eigenvalue weighted by Crippen LogP contribution is 2.18. The van der Waals surface area contributed by atoms with Crippen LogP contribution in [0.3, 0.4) is 0 Å². The van der Waals surface area contributed by atoms with E-state index in [-0.39, 0.29) is 12.7 Å². The average molecular weight is 198 g/mol. The van der Waals surface area contributed by atoms with E-state index >= 15 is 0 Å². The summed E-state index contributed by atoms with van der Waals surface area (Å²) >= 11 is 0. The molecule has 1 aliphatic rings. The monoisotopic (exact) mass is 198 g/mol. The van der Waals surface area contributed by atoms with Gasteiger partial charge in [0, 0.05) is 6.61 Å². The van der Waals surface area contributed by atoms with Crippen molar-refractivity contribution in [1.29, 1.82) is 0 Å². The molecule has 0 unspecified atom stereocenters. The summed E-state index contributed by atoms with van der Waals surface area (Å²) in [4.78, 5) is 10.2. The second-order valence-electron chi connectivity index (χ2n) is 2.73. The Morgan fingerprint density at radius 2 is 2.23 bits per heavy atom. The zero-order valence-electron chi connectivity index (χ0n) is 6.76. The van der Waals surface area contributed by atoms with Crippen molar-refractivity contribution in [3.8, 4) is 0 Å². The normalized spacial score (nSPS) is 23.2. The number of alkyl halides is 3. The number of ether oxygens (including phenoxy) is 2. The van der Waals surface area contributed by atoms with Gasteiger partial charge < -0.3 is 9.47 Å². The lowest BCUT2D eigenvalue weighted by Gasteiger charge is -2.11. The van der Waals surface area contributed by atoms with Crippen molar-refractivity contribution < 1.29 is 27.4 Å². The quantitative estimate of drug-likeness (QED) is 0.627. The summed E-state index contributed by atoms with van der Waals surface area (Å²) < 4.78 is 43.8. The molecule has 0 radical (unpaired) electrons. The first-order chi connectivity index (χ1) is 6.00. The fourth-order valence-electron chi connectivity index (χ4n) is 1.03. The largest absolute Gasteiger partial charge is 0.490 e. The Hall–Kier alpha value is -0.780. The van der Waals surface area contributed by atoms with Crippen molar-refractivity contribution in [1.82, 2.24) is 0 Å². The Bertz CT molecular complexity index is 184. The van der Waals surface area contributed by atoms with E-state index in [0.29, 0.717) is 13.0 Å². The van der Waals surface area contributed by atoms with E-state index in [1.54, 1.807) is 0 Å². The molecule has 0 spiro atoms. The summed E-state index contributed by atoms with van der Waals surface area (Å²) in [7, 11) is 0. The van der Waals surface area contributed by atoms with Crippen molar-refractivity contribution in [2.75, 3.05) is 13.2 Å². The molecule has 13 heavy (non-hydrogen) atoms. The molecule has 0 bridgehead atoms. The maximum Gasteiger partial charge on any atom is 0.490 e. The van der Waals surface area contributed by atoms with Gasteiger partial charge in [-0.3, -0.25) is 0 Å². The number of carbonyl (C=O) groups excluding carboxylic acids is 1. The Kier molecular flexibility index (Phi) is 3.13. The molecule has 0 aromatic heterocycles. The highest BCUT2D eigenvalue weighted by atomic mass is 19.4. The first-order valence-electron chi connectivity index (χ1n) is 3.85. The van der Waals surface area contributed by atoms with Gasteiger partial charge in [0.15, 0.2) is 0 Å². The molecular formula is C7H9F3O3. The molecular weight excluding hydrogens is 189 g/mol. The van der Waals surface area contributed by atoms with Crippen LogP contribution in [0.5, 0.6) is 0 Å². The minimum Gasteiger partial charge on any atom is -0.456 e. The van der Waals surface area contributed by atoms with E-state index in [1.165, 1.54) is 0 Å². The minimum absolute atomic E-state index is 0.307. The standard InChI is InChI=1S/C7H9F3O3/c8-7(9,10)6(11)13-4-5-2-1-3-12-5/h5H,1-4H2/t5-/m1/s1. The van der Waals surface area contributed by atoms with Gasteiger partial charge in [-0.1, -0.05) is 0 Å². The average Bonchev–Trinajstić information content (AvgIpc) is 2.50. The van der Waals surface area contributed by atoms with Crippen molar-refractivity contribution in [2.45, 2.75) is 25.1 Å². The van der Waals surface area contributed by atoms with Crippen molar-refractivity contribution in [2.24, 2.45) is 0 Å². The van der Waals surface area contributed by atoms with Gasteiger partial charge >= 0.3 is 12.1 Å². The van der Waals surface area contributed by atoms with Crippen LogP contribution in [-0.2, 0) is 14.3 Å². The van der Waals surface area contributed by atoms with Gasteiger partial charge in [0.25, 0.3) is 0 Å². The Morgan fingerprint density at radius 3 is 2.69 bits per heavy atom. The third-order valence-electron chi connectivity index (χ3n) is 1.66. The molecule has 3 nitrogen and oxygen atoms in total. The minimum atomic E-state index is -4.90. The smallest absolute Gasteiger partial charge is 0.456 e. The predicted octanol–water partition coefficient (Wildman–Crippen LogP) is 1.27. The molecule has 0 N–H and O–H groups in total. The lowest BCUT2D eigenvalue weighted by molar-refractivity contribution is -0.202. The van der Waals surface area contributed by atoms with Gasteiger partial charge in [-0.05, 0) is 12.8 Å². The fourth-order valence-corrected chi connectivity index (χ4v) is 1.03. The van der Waals surface area contributed by atoms with E-state index in [4.69, 9.17) is 4.74 Å². The van der Waals surface area contributed by atoms with Crippen LogP contribution in [0.4, 0.5) is 13.2 Å². The molecule has 0 amide bonds. The zero-order chi connectivity index (χ0) is 9.90. The van der Waals surface area contributed by atoms with Crippen LogP contribution in [0.2, 0.25) is 0 Å². The highest BCUT2D eigenvalue weighted by Gasteiger charge is 2.41. The molecule has 0 aliphatic carbocycles. The van der Waals surface area contributed by atoms with Gasteiger partial charge in [-0.2, -0.15) is 13.2 Å². The zero-order valence-corrected chi connectivity index (χ0v) is 6.76. The number of rotatable bonds is 2. The Morgan fingerprint density at radius 1 is 1.54 bits per heavy atom. The van der Waals surface area contributed by atoms with Crippen LogP contribution in [0.1, 0.15) is 12.8 Å². The van der Waals surface area contributed by atoms with Crippen molar-refractivity contribution >= 4 is 5.97 Å². The molecule has 76 valence electrons. The number of hydrogen-bond acceptors (Lipinski definition) is 3. The number of carbonyl (C=O) groups is 1. The number of esters is 1. The van der Waals surface area contributed by atoms with Crippen LogP contribution in [-0.4, -0.2) is 31.5 Å². The van der Waals surface area contributed by atoms with E-state index < -0.39 is 12.1 Å². The molecule has 1 rings (SSSR count). The third kappa shape index (κ3) is 3.22. The fraction of sp³-hybridized carbons (Fsp3) is 0.857. The molecule has 1 saturated heterocycles. The molecule has 0 aromatic carbocycles. The van der Waals surface area contributed by atoms with Crippen LogP contribution in [0.15, 0.2) is 0 Å². The summed E-state index contributed by atoms with van der Waals surface area (Å²) in [5.41, 5.74) is 0. The van der Waals surface area contributed by atoms with Gasteiger partial charge in [0.05, 0.1) is 6.10 Å². The number of hydrogen-bond donors (Lipinski definition) is 0. The molecule has 1 fully saturated rings. The molecule has 1 atom stereocenters. The SMILES string of the molecule is O=C(OC[C@H]1CCCO1)C(F)(F)F. The summed E-state index contributed by atoms with van der Waals surface area (Å²) in [6.07, 6.45) is -3.83.